The zero-order valence-electron chi connectivity index (χ0n) is 9.88. The number of fused-ring (bicyclic) bond motifs is 1. The minimum absolute atomic E-state index is 0.202. The van der Waals surface area contributed by atoms with Crippen LogP contribution in [0.5, 0.6) is 0 Å². The third kappa shape index (κ3) is 1.77. The van der Waals surface area contributed by atoms with Crippen molar-refractivity contribution in [3.05, 3.63) is 35.4 Å². The lowest BCUT2D eigenvalue weighted by molar-refractivity contribution is -0.310. The molecule has 2 rings (SSSR count). The maximum atomic E-state index is 12.0. The van der Waals surface area contributed by atoms with Gasteiger partial charge in [0, 0.05) is 0 Å². The van der Waals surface area contributed by atoms with Crippen LogP contribution in [0.3, 0.4) is 0 Å². The predicted molar refractivity (Wildman–Crippen MR) is 60.6 cm³/mol. The molecule has 1 heterocycles. The van der Waals surface area contributed by atoms with Crippen LogP contribution in [0.2, 0.25) is 0 Å². The van der Waals surface area contributed by atoms with Crippen LogP contribution in [0.4, 0.5) is 0 Å². The van der Waals surface area contributed by atoms with Gasteiger partial charge in [-0.2, -0.15) is 0 Å². The van der Waals surface area contributed by atoms with Crippen molar-refractivity contribution in [1.82, 2.24) is 4.90 Å². The Hall–Kier alpha value is -2.17. The molecule has 0 saturated carbocycles. The fourth-order valence-corrected chi connectivity index (χ4v) is 2.12. The summed E-state index contributed by atoms with van der Waals surface area (Å²) in [4.78, 5) is 35.9. The van der Waals surface area contributed by atoms with Gasteiger partial charge in [-0.05, 0) is 18.6 Å². The number of hydrogen-bond donors (Lipinski definition) is 0. The van der Waals surface area contributed by atoms with Gasteiger partial charge in [-0.3, -0.25) is 14.5 Å². The first-order chi connectivity index (χ1) is 8.57. The third-order valence-electron chi connectivity index (χ3n) is 2.97. The van der Waals surface area contributed by atoms with E-state index in [1.54, 1.807) is 19.1 Å². The van der Waals surface area contributed by atoms with Crippen molar-refractivity contribution in [3.63, 3.8) is 0 Å². The van der Waals surface area contributed by atoms with Crippen molar-refractivity contribution < 1.29 is 19.5 Å². The molecule has 0 spiro atoms. The van der Waals surface area contributed by atoms with E-state index < -0.39 is 23.8 Å². The molecule has 1 aliphatic heterocycles. The van der Waals surface area contributed by atoms with Crippen molar-refractivity contribution in [2.45, 2.75) is 25.8 Å². The van der Waals surface area contributed by atoms with Crippen LogP contribution in [0, 0.1) is 0 Å². The molecule has 0 saturated heterocycles. The molecule has 0 N–H and O–H groups in total. The van der Waals surface area contributed by atoms with Crippen molar-refractivity contribution in [1.29, 1.82) is 0 Å². The number of imide groups is 1. The highest BCUT2D eigenvalue weighted by Crippen LogP contribution is 2.25. The molecule has 18 heavy (non-hydrogen) atoms. The Labute approximate surface area is 104 Å². The van der Waals surface area contributed by atoms with Crippen LogP contribution in [-0.2, 0) is 4.79 Å². The van der Waals surface area contributed by atoms with E-state index >= 15 is 0 Å². The lowest BCUT2D eigenvalue weighted by atomic mass is 10.1. The first-order valence-electron chi connectivity index (χ1n) is 5.75. The van der Waals surface area contributed by atoms with Gasteiger partial charge in [0.1, 0.15) is 0 Å². The topological polar surface area (TPSA) is 77.5 Å². The summed E-state index contributed by atoms with van der Waals surface area (Å²) >= 11 is 0. The highest BCUT2D eigenvalue weighted by atomic mass is 16.4. The summed E-state index contributed by atoms with van der Waals surface area (Å²) in [5, 5.41) is 11.1. The molecule has 0 aliphatic carbocycles. The predicted octanol–water partition coefficient (Wildman–Crippen LogP) is 0.201. The van der Waals surface area contributed by atoms with Gasteiger partial charge in [-0.15, -0.1) is 0 Å². The summed E-state index contributed by atoms with van der Waals surface area (Å²) in [6.07, 6.45) is 0.750. The number of aliphatic carboxylic acids is 1. The minimum atomic E-state index is -1.40. The first kappa shape index (κ1) is 12.3. The van der Waals surface area contributed by atoms with E-state index in [1.165, 1.54) is 12.1 Å². The number of carboxylic acids is 1. The van der Waals surface area contributed by atoms with Gasteiger partial charge in [-0.1, -0.05) is 25.5 Å². The smallest absolute Gasteiger partial charge is 0.262 e. The van der Waals surface area contributed by atoms with Gasteiger partial charge >= 0.3 is 0 Å². The van der Waals surface area contributed by atoms with E-state index in [9.17, 15) is 19.5 Å². The first-order valence-corrected chi connectivity index (χ1v) is 5.75. The van der Waals surface area contributed by atoms with Gasteiger partial charge < -0.3 is 9.90 Å². The number of carbonyl (C=O) groups excluding carboxylic acids is 3. The second-order valence-corrected chi connectivity index (χ2v) is 4.15. The Morgan fingerprint density at radius 1 is 1.22 bits per heavy atom. The van der Waals surface area contributed by atoms with Crippen molar-refractivity contribution >= 4 is 17.8 Å². The molecule has 1 aromatic carbocycles. The second-order valence-electron chi connectivity index (χ2n) is 4.15. The number of rotatable bonds is 4. The molecule has 1 atom stereocenters. The second kappa shape index (κ2) is 4.60. The number of carbonyl (C=O) groups is 3. The summed E-state index contributed by atoms with van der Waals surface area (Å²) in [7, 11) is 0. The summed E-state index contributed by atoms with van der Waals surface area (Å²) in [6.45, 7) is 1.79. The zero-order chi connectivity index (χ0) is 13.3. The molecule has 0 radical (unpaired) electrons. The van der Waals surface area contributed by atoms with Gasteiger partial charge in [-0.25, -0.2) is 0 Å². The molecule has 1 aromatic rings. The summed E-state index contributed by atoms with van der Waals surface area (Å²) < 4.78 is 0. The van der Waals surface area contributed by atoms with Crippen LogP contribution >= 0.6 is 0 Å². The molecule has 0 aromatic heterocycles. The van der Waals surface area contributed by atoms with Crippen LogP contribution in [-0.4, -0.2) is 28.7 Å². The van der Waals surface area contributed by atoms with E-state index in [0.717, 1.165) is 4.90 Å². The van der Waals surface area contributed by atoms with E-state index in [0.29, 0.717) is 6.42 Å². The number of nitrogens with zero attached hydrogens (tertiary/aromatic N) is 1. The van der Waals surface area contributed by atoms with Crippen molar-refractivity contribution in [3.8, 4) is 0 Å². The van der Waals surface area contributed by atoms with E-state index in [-0.39, 0.29) is 17.5 Å². The van der Waals surface area contributed by atoms with E-state index in [1.807, 2.05) is 0 Å². The molecule has 5 heteroatoms. The maximum absolute atomic E-state index is 12.0. The monoisotopic (exact) mass is 246 g/mol. The van der Waals surface area contributed by atoms with E-state index in [2.05, 4.69) is 0 Å². The molecule has 94 valence electrons. The van der Waals surface area contributed by atoms with Gasteiger partial charge in [0.05, 0.1) is 23.1 Å². The average Bonchev–Trinajstić information content (AvgIpc) is 2.60. The van der Waals surface area contributed by atoms with Gasteiger partial charge in [0.2, 0.25) is 0 Å². The van der Waals surface area contributed by atoms with Gasteiger partial charge in [0.25, 0.3) is 11.8 Å². The molecule has 0 bridgehead atoms. The Kier molecular flexibility index (Phi) is 3.14. The van der Waals surface area contributed by atoms with Crippen molar-refractivity contribution in [2.24, 2.45) is 0 Å². The maximum Gasteiger partial charge on any atom is 0.262 e. The summed E-state index contributed by atoms with van der Waals surface area (Å²) in [6, 6.07) is 5.13. The Morgan fingerprint density at radius 2 is 1.72 bits per heavy atom. The Balaban J connectivity index is 2.41. The van der Waals surface area contributed by atoms with Crippen LogP contribution in [0.1, 0.15) is 40.5 Å². The quantitative estimate of drug-likeness (QED) is 0.711. The van der Waals surface area contributed by atoms with Gasteiger partial charge in [0.15, 0.2) is 0 Å². The number of carboxylic acid groups (broad SMARTS) is 1. The summed E-state index contributed by atoms with van der Waals surface area (Å²) in [5.41, 5.74) is 0.509. The van der Waals surface area contributed by atoms with Crippen LogP contribution in [0.25, 0.3) is 0 Å². The van der Waals surface area contributed by atoms with Crippen molar-refractivity contribution in [2.75, 3.05) is 0 Å². The molecular formula is C13H12NO4-. The minimum Gasteiger partial charge on any atom is -0.548 e. The lowest BCUT2D eigenvalue weighted by Crippen LogP contribution is -2.50. The lowest BCUT2D eigenvalue weighted by Gasteiger charge is -2.26. The largest absolute Gasteiger partial charge is 0.548 e. The standard InChI is InChI=1S/C13H13NO4/c1-2-5-10(13(17)18)14-11(15)8-6-3-4-7-9(8)12(14)16/h3-4,6-7,10H,2,5H2,1H3,(H,17,18)/p-1. The number of hydrogen-bond acceptors (Lipinski definition) is 4. The average molecular weight is 246 g/mol. The fourth-order valence-electron chi connectivity index (χ4n) is 2.12. The molecule has 5 nitrogen and oxygen atoms in total. The molecular weight excluding hydrogens is 234 g/mol. The zero-order valence-corrected chi connectivity index (χ0v) is 9.88. The SMILES string of the molecule is CCCC(C(=O)[O-])N1C(=O)c2ccccc2C1=O. The normalized spacial score (nSPS) is 15.7. The number of benzene rings is 1. The Morgan fingerprint density at radius 3 is 2.11 bits per heavy atom. The highest BCUT2D eigenvalue weighted by molar-refractivity contribution is 6.22. The molecule has 0 fully saturated rings. The fraction of sp³-hybridized carbons (Fsp3) is 0.308. The van der Waals surface area contributed by atoms with Crippen LogP contribution < -0.4 is 5.11 Å². The molecule has 1 aliphatic rings. The summed E-state index contributed by atoms with van der Waals surface area (Å²) in [5.74, 6) is -2.51. The van der Waals surface area contributed by atoms with E-state index in [4.69, 9.17) is 0 Å². The third-order valence-corrected chi connectivity index (χ3v) is 2.97. The van der Waals surface area contributed by atoms with Crippen LogP contribution in [0.15, 0.2) is 24.3 Å². The molecule has 1 unspecified atom stereocenters. The Bertz CT molecular complexity index is 488. The highest BCUT2D eigenvalue weighted by Gasteiger charge is 2.39. The number of amides is 2. The molecule has 2 amide bonds.